The van der Waals surface area contributed by atoms with E-state index in [0.717, 1.165) is 6.54 Å². The SMILES string of the molecule is CCCC(NC(=O)NC(CN(C)C)C(C)C)C(=O)O. The van der Waals surface area contributed by atoms with Crippen molar-refractivity contribution in [2.24, 2.45) is 5.92 Å². The van der Waals surface area contributed by atoms with Crippen molar-refractivity contribution in [2.45, 2.75) is 45.7 Å². The summed E-state index contributed by atoms with van der Waals surface area (Å²) in [4.78, 5) is 24.8. The van der Waals surface area contributed by atoms with Crippen LogP contribution < -0.4 is 10.6 Å². The van der Waals surface area contributed by atoms with Gasteiger partial charge in [-0.05, 0) is 26.4 Å². The Morgan fingerprint density at radius 1 is 1.21 bits per heavy atom. The van der Waals surface area contributed by atoms with E-state index in [0.29, 0.717) is 12.8 Å². The van der Waals surface area contributed by atoms with Gasteiger partial charge in [0.25, 0.3) is 0 Å². The van der Waals surface area contributed by atoms with E-state index in [4.69, 9.17) is 5.11 Å². The van der Waals surface area contributed by atoms with Crippen LogP contribution in [0.3, 0.4) is 0 Å². The summed E-state index contributed by atoms with van der Waals surface area (Å²) in [5.74, 6) is -0.715. The lowest BCUT2D eigenvalue weighted by molar-refractivity contribution is -0.139. The number of carboxylic acids is 1. The van der Waals surface area contributed by atoms with Crippen molar-refractivity contribution in [1.82, 2.24) is 15.5 Å². The van der Waals surface area contributed by atoms with Gasteiger partial charge in [-0.25, -0.2) is 9.59 Å². The van der Waals surface area contributed by atoms with E-state index in [2.05, 4.69) is 10.6 Å². The maximum Gasteiger partial charge on any atom is 0.326 e. The molecule has 6 heteroatoms. The van der Waals surface area contributed by atoms with Crippen molar-refractivity contribution < 1.29 is 14.7 Å². The van der Waals surface area contributed by atoms with E-state index in [1.807, 2.05) is 39.8 Å². The standard InChI is InChI=1S/C13H27N3O3/c1-6-7-10(12(17)18)14-13(19)15-11(9(2)3)8-16(4)5/h9-11H,6-8H2,1-5H3,(H,17,18)(H2,14,15,19). The van der Waals surface area contributed by atoms with Crippen LogP contribution in [0.2, 0.25) is 0 Å². The summed E-state index contributed by atoms with van der Waals surface area (Å²) in [6, 6.07) is -1.25. The Hall–Kier alpha value is -1.30. The summed E-state index contributed by atoms with van der Waals surface area (Å²) in [5.41, 5.74) is 0. The number of carbonyl (C=O) groups is 2. The van der Waals surface area contributed by atoms with Gasteiger partial charge in [0.05, 0.1) is 0 Å². The zero-order valence-corrected chi connectivity index (χ0v) is 12.6. The second kappa shape index (κ2) is 8.74. The van der Waals surface area contributed by atoms with Crippen molar-refractivity contribution in [3.05, 3.63) is 0 Å². The van der Waals surface area contributed by atoms with Gasteiger partial charge in [-0.15, -0.1) is 0 Å². The maximum atomic E-state index is 11.8. The van der Waals surface area contributed by atoms with Gasteiger partial charge < -0.3 is 20.6 Å². The lowest BCUT2D eigenvalue weighted by Crippen LogP contribution is -2.52. The molecular formula is C13H27N3O3. The minimum atomic E-state index is -0.995. The number of urea groups is 1. The van der Waals surface area contributed by atoms with Crippen LogP contribution in [0.1, 0.15) is 33.6 Å². The molecule has 0 aliphatic carbocycles. The van der Waals surface area contributed by atoms with Crippen molar-refractivity contribution in [3.63, 3.8) is 0 Å². The van der Waals surface area contributed by atoms with Gasteiger partial charge in [0.15, 0.2) is 0 Å². The van der Waals surface area contributed by atoms with Crippen LogP contribution in [-0.4, -0.2) is 54.7 Å². The van der Waals surface area contributed by atoms with E-state index in [-0.39, 0.29) is 12.0 Å². The van der Waals surface area contributed by atoms with E-state index >= 15 is 0 Å². The topological polar surface area (TPSA) is 81.7 Å². The van der Waals surface area contributed by atoms with E-state index in [1.54, 1.807) is 0 Å². The highest BCUT2D eigenvalue weighted by Gasteiger charge is 2.22. The lowest BCUT2D eigenvalue weighted by Gasteiger charge is -2.26. The number of aliphatic carboxylic acids is 1. The van der Waals surface area contributed by atoms with Crippen LogP contribution in [0.5, 0.6) is 0 Å². The van der Waals surface area contributed by atoms with Gasteiger partial charge in [-0.1, -0.05) is 27.2 Å². The van der Waals surface area contributed by atoms with Gasteiger partial charge in [-0.3, -0.25) is 0 Å². The smallest absolute Gasteiger partial charge is 0.326 e. The molecule has 0 saturated carbocycles. The zero-order valence-electron chi connectivity index (χ0n) is 12.6. The molecule has 0 radical (unpaired) electrons. The molecule has 0 aromatic heterocycles. The van der Waals surface area contributed by atoms with Gasteiger partial charge in [0, 0.05) is 12.6 Å². The highest BCUT2D eigenvalue weighted by atomic mass is 16.4. The molecule has 2 amide bonds. The Bertz CT molecular complexity index is 293. The highest BCUT2D eigenvalue weighted by Crippen LogP contribution is 2.03. The molecule has 6 nitrogen and oxygen atoms in total. The van der Waals surface area contributed by atoms with Crippen LogP contribution in [0, 0.1) is 5.92 Å². The van der Waals surface area contributed by atoms with E-state index in [9.17, 15) is 9.59 Å². The molecule has 2 atom stereocenters. The Balaban J connectivity index is 4.42. The first-order valence-corrected chi connectivity index (χ1v) is 6.72. The molecule has 0 saturated heterocycles. The summed E-state index contributed by atoms with van der Waals surface area (Å²) >= 11 is 0. The molecule has 0 aromatic carbocycles. The lowest BCUT2D eigenvalue weighted by atomic mass is 10.0. The Labute approximate surface area is 115 Å². The van der Waals surface area contributed by atoms with Crippen LogP contribution in [0.15, 0.2) is 0 Å². The van der Waals surface area contributed by atoms with Gasteiger partial charge >= 0.3 is 12.0 Å². The molecule has 3 N–H and O–H groups in total. The average Bonchev–Trinajstić information content (AvgIpc) is 2.26. The molecule has 0 heterocycles. The number of rotatable bonds is 8. The summed E-state index contributed by atoms with van der Waals surface area (Å²) in [7, 11) is 3.87. The Morgan fingerprint density at radius 3 is 2.16 bits per heavy atom. The Kier molecular flexibility index (Phi) is 8.14. The number of likely N-dealkylation sites (N-methyl/N-ethyl adjacent to an activating group) is 1. The van der Waals surface area contributed by atoms with Gasteiger partial charge in [0.1, 0.15) is 6.04 Å². The fraction of sp³-hybridized carbons (Fsp3) is 0.846. The van der Waals surface area contributed by atoms with Crippen LogP contribution in [0.4, 0.5) is 4.79 Å². The fourth-order valence-electron chi connectivity index (χ4n) is 1.73. The first-order valence-electron chi connectivity index (χ1n) is 6.72. The molecular weight excluding hydrogens is 246 g/mol. The number of carboxylic acid groups (broad SMARTS) is 1. The molecule has 0 aromatic rings. The first kappa shape index (κ1) is 17.7. The van der Waals surface area contributed by atoms with Crippen LogP contribution in [0.25, 0.3) is 0 Å². The predicted octanol–water partition coefficient (Wildman–Crippen LogP) is 1.13. The van der Waals surface area contributed by atoms with Crippen molar-refractivity contribution in [3.8, 4) is 0 Å². The zero-order chi connectivity index (χ0) is 15.0. The van der Waals surface area contributed by atoms with E-state index in [1.165, 1.54) is 0 Å². The maximum absolute atomic E-state index is 11.8. The molecule has 0 rings (SSSR count). The summed E-state index contributed by atoms with van der Waals surface area (Å²) < 4.78 is 0. The molecule has 0 aliphatic rings. The number of nitrogens with one attached hydrogen (secondary N) is 2. The molecule has 112 valence electrons. The third-order valence-electron chi connectivity index (χ3n) is 2.86. The van der Waals surface area contributed by atoms with Gasteiger partial charge in [0.2, 0.25) is 0 Å². The largest absolute Gasteiger partial charge is 0.480 e. The highest BCUT2D eigenvalue weighted by molar-refractivity contribution is 5.82. The monoisotopic (exact) mass is 273 g/mol. The van der Waals surface area contributed by atoms with Crippen molar-refractivity contribution in [1.29, 1.82) is 0 Å². The van der Waals surface area contributed by atoms with Gasteiger partial charge in [-0.2, -0.15) is 0 Å². The molecule has 0 bridgehead atoms. The minimum Gasteiger partial charge on any atom is -0.480 e. The first-order chi connectivity index (χ1) is 8.77. The van der Waals surface area contributed by atoms with Crippen LogP contribution >= 0.6 is 0 Å². The normalized spacial score (nSPS) is 14.3. The molecule has 2 unspecified atom stereocenters. The summed E-state index contributed by atoms with van der Waals surface area (Å²) in [6.45, 7) is 6.65. The third kappa shape index (κ3) is 7.66. The molecule has 0 spiro atoms. The second-order valence-electron chi connectivity index (χ2n) is 5.41. The third-order valence-corrected chi connectivity index (χ3v) is 2.86. The predicted molar refractivity (Wildman–Crippen MR) is 75.2 cm³/mol. The summed E-state index contributed by atoms with van der Waals surface area (Å²) in [5, 5.41) is 14.3. The summed E-state index contributed by atoms with van der Waals surface area (Å²) in [6.07, 6.45) is 1.14. The van der Waals surface area contributed by atoms with Crippen molar-refractivity contribution in [2.75, 3.05) is 20.6 Å². The number of hydrogen-bond acceptors (Lipinski definition) is 3. The fourth-order valence-corrected chi connectivity index (χ4v) is 1.73. The van der Waals surface area contributed by atoms with Crippen molar-refractivity contribution >= 4 is 12.0 Å². The number of amides is 2. The number of nitrogens with zero attached hydrogens (tertiary/aromatic N) is 1. The number of hydrogen-bond donors (Lipinski definition) is 3. The average molecular weight is 273 g/mol. The van der Waals surface area contributed by atoms with Crippen LogP contribution in [-0.2, 0) is 4.79 Å². The quantitative estimate of drug-likeness (QED) is 0.619. The molecule has 19 heavy (non-hydrogen) atoms. The molecule has 0 aliphatic heterocycles. The molecule has 0 fully saturated rings. The number of carbonyl (C=O) groups excluding carboxylic acids is 1. The second-order valence-corrected chi connectivity index (χ2v) is 5.41. The van der Waals surface area contributed by atoms with E-state index < -0.39 is 18.0 Å². The minimum absolute atomic E-state index is 0.00827. The Morgan fingerprint density at radius 2 is 1.79 bits per heavy atom.